The van der Waals surface area contributed by atoms with Crippen molar-refractivity contribution >= 4 is 17.1 Å². The standard InChI is InChI=1S/C14H16FN5/c1-3-4-11-12-13(19(2)18-11)20(14(16)17-12)10-7-5-9(15)6-8-10/h5-8H,3-4H2,1-2H3,(H2,16,17). The number of hydrogen-bond acceptors (Lipinski definition) is 3. The zero-order chi connectivity index (χ0) is 14.3. The van der Waals surface area contributed by atoms with E-state index in [2.05, 4.69) is 17.0 Å². The summed E-state index contributed by atoms with van der Waals surface area (Å²) in [6.07, 6.45) is 1.85. The third kappa shape index (κ3) is 1.84. The van der Waals surface area contributed by atoms with Crippen molar-refractivity contribution in [2.45, 2.75) is 19.8 Å². The van der Waals surface area contributed by atoms with Crippen molar-refractivity contribution in [3.05, 3.63) is 35.8 Å². The molecule has 0 fully saturated rings. The molecule has 2 heterocycles. The molecule has 0 aliphatic heterocycles. The molecule has 6 heteroatoms. The number of nitrogens with two attached hydrogens (primary N) is 1. The number of fused-ring (bicyclic) bond motifs is 1. The van der Waals surface area contributed by atoms with Crippen LogP contribution in [0.25, 0.3) is 16.9 Å². The van der Waals surface area contributed by atoms with Crippen LogP contribution in [-0.4, -0.2) is 19.3 Å². The van der Waals surface area contributed by atoms with Gasteiger partial charge in [0.1, 0.15) is 11.3 Å². The Bertz CT molecular complexity index is 754. The maximum Gasteiger partial charge on any atom is 0.207 e. The molecule has 0 atom stereocenters. The average molecular weight is 273 g/mol. The Labute approximate surface area is 115 Å². The van der Waals surface area contributed by atoms with Gasteiger partial charge < -0.3 is 5.73 Å². The third-order valence-electron chi connectivity index (χ3n) is 3.30. The molecule has 0 spiro atoms. The summed E-state index contributed by atoms with van der Waals surface area (Å²) in [5, 5.41) is 4.49. The number of imidazole rings is 1. The Morgan fingerprint density at radius 3 is 2.60 bits per heavy atom. The summed E-state index contributed by atoms with van der Waals surface area (Å²) in [7, 11) is 1.86. The normalized spacial score (nSPS) is 11.3. The maximum atomic E-state index is 13.1. The van der Waals surface area contributed by atoms with Gasteiger partial charge in [0.15, 0.2) is 5.65 Å². The van der Waals surface area contributed by atoms with Crippen molar-refractivity contribution in [1.29, 1.82) is 0 Å². The minimum Gasteiger partial charge on any atom is -0.369 e. The van der Waals surface area contributed by atoms with Crippen LogP contribution < -0.4 is 5.73 Å². The summed E-state index contributed by atoms with van der Waals surface area (Å²) in [6, 6.07) is 6.17. The lowest BCUT2D eigenvalue weighted by Gasteiger charge is -2.06. The molecule has 0 aliphatic rings. The quantitative estimate of drug-likeness (QED) is 0.797. The van der Waals surface area contributed by atoms with Gasteiger partial charge in [-0.3, -0.25) is 4.57 Å². The molecule has 0 amide bonds. The molecule has 0 unspecified atom stereocenters. The molecule has 0 saturated heterocycles. The number of halogens is 1. The molecule has 5 nitrogen and oxygen atoms in total. The number of anilines is 1. The van der Waals surface area contributed by atoms with Crippen molar-refractivity contribution in [3.63, 3.8) is 0 Å². The number of hydrogen-bond donors (Lipinski definition) is 1. The van der Waals surface area contributed by atoms with Gasteiger partial charge in [0.2, 0.25) is 5.95 Å². The van der Waals surface area contributed by atoms with Crippen LogP contribution in [0, 0.1) is 5.82 Å². The summed E-state index contributed by atoms with van der Waals surface area (Å²) in [5.74, 6) is 0.109. The Kier molecular flexibility index (Phi) is 2.93. The molecular weight excluding hydrogens is 257 g/mol. The van der Waals surface area contributed by atoms with Gasteiger partial charge in [-0.05, 0) is 30.7 Å². The van der Waals surface area contributed by atoms with Crippen LogP contribution in [0.4, 0.5) is 10.3 Å². The van der Waals surface area contributed by atoms with E-state index in [0.29, 0.717) is 5.95 Å². The highest BCUT2D eigenvalue weighted by molar-refractivity contribution is 5.80. The summed E-state index contributed by atoms with van der Waals surface area (Å²) < 4.78 is 16.6. The summed E-state index contributed by atoms with van der Waals surface area (Å²) in [6.45, 7) is 2.10. The highest BCUT2D eigenvalue weighted by atomic mass is 19.1. The number of nitrogen functional groups attached to an aromatic ring is 1. The number of nitrogens with zero attached hydrogens (tertiary/aromatic N) is 4. The minimum absolute atomic E-state index is 0.277. The first kappa shape index (κ1) is 12.7. The van der Waals surface area contributed by atoms with Crippen molar-refractivity contribution < 1.29 is 4.39 Å². The number of rotatable bonds is 3. The van der Waals surface area contributed by atoms with E-state index in [-0.39, 0.29) is 5.82 Å². The van der Waals surface area contributed by atoms with Crippen LogP contribution in [0.15, 0.2) is 24.3 Å². The van der Waals surface area contributed by atoms with Crippen LogP contribution in [0.2, 0.25) is 0 Å². The fraction of sp³-hybridized carbons (Fsp3) is 0.286. The largest absolute Gasteiger partial charge is 0.369 e. The van der Waals surface area contributed by atoms with Crippen molar-refractivity contribution in [1.82, 2.24) is 19.3 Å². The average Bonchev–Trinajstić information content (AvgIpc) is 2.90. The van der Waals surface area contributed by atoms with Gasteiger partial charge in [0.25, 0.3) is 0 Å². The first-order valence-electron chi connectivity index (χ1n) is 6.57. The Morgan fingerprint density at radius 2 is 1.95 bits per heavy atom. The molecule has 2 aromatic heterocycles. The van der Waals surface area contributed by atoms with Crippen molar-refractivity contribution in [2.75, 3.05) is 5.73 Å². The summed E-state index contributed by atoms with van der Waals surface area (Å²) >= 11 is 0. The molecule has 0 aliphatic carbocycles. The number of benzene rings is 1. The van der Waals surface area contributed by atoms with E-state index in [9.17, 15) is 4.39 Å². The second-order valence-electron chi connectivity index (χ2n) is 4.77. The second kappa shape index (κ2) is 4.63. The lowest BCUT2D eigenvalue weighted by molar-refractivity contribution is 0.627. The van der Waals surface area contributed by atoms with Gasteiger partial charge in [0.05, 0.1) is 11.4 Å². The Hall–Kier alpha value is -2.37. The molecule has 3 aromatic rings. The van der Waals surface area contributed by atoms with Gasteiger partial charge in [0, 0.05) is 7.05 Å². The third-order valence-corrected chi connectivity index (χ3v) is 3.30. The SMILES string of the molecule is CCCc1nn(C)c2c1nc(N)n2-c1ccc(F)cc1. The maximum absolute atomic E-state index is 13.1. The van der Waals surface area contributed by atoms with Crippen molar-refractivity contribution in [2.24, 2.45) is 7.05 Å². The van der Waals surface area contributed by atoms with E-state index in [0.717, 1.165) is 35.4 Å². The second-order valence-corrected chi connectivity index (χ2v) is 4.77. The zero-order valence-corrected chi connectivity index (χ0v) is 11.5. The summed E-state index contributed by atoms with van der Waals surface area (Å²) in [5.41, 5.74) is 9.38. The fourth-order valence-corrected chi connectivity index (χ4v) is 2.45. The van der Waals surface area contributed by atoms with E-state index in [1.807, 2.05) is 7.05 Å². The van der Waals surface area contributed by atoms with E-state index in [1.54, 1.807) is 21.4 Å². The predicted molar refractivity (Wildman–Crippen MR) is 76.2 cm³/mol. The lowest BCUT2D eigenvalue weighted by Crippen LogP contribution is -2.05. The molecule has 20 heavy (non-hydrogen) atoms. The van der Waals surface area contributed by atoms with E-state index in [1.165, 1.54) is 12.1 Å². The van der Waals surface area contributed by atoms with Gasteiger partial charge >= 0.3 is 0 Å². The molecule has 1 aromatic carbocycles. The van der Waals surface area contributed by atoms with Crippen LogP contribution in [0.1, 0.15) is 19.0 Å². The van der Waals surface area contributed by atoms with Crippen LogP contribution >= 0.6 is 0 Å². The number of aryl methyl sites for hydroxylation is 2. The van der Waals surface area contributed by atoms with Gasteiger partial charge in [-0.1, -0.05) is 13.3 Å². The van der Waals surface area contributed by atoms with E-state index >= 15 is 0 Å². The molecule has 3 rings (SSSR count). The highest BCUT2D eigenvalue weighted by Gasteiger charge is 2.18. The predicted octanol–water partition coefficient (Wildman–Crippen LogP) is 2.43. The Balaban J connectivity index is 2.25. The van der Waals surface area contributed by atoms with E-state index < -0.39 is 0 Å². The first-order chi connectivity index (χ1) is 9.61. The van der Waals surface area contributed by atoms with Gasteiger partial charge in [-0.15, -0.1) is 0 Å². The highest BCUT2D eigenvalue weighted by Crippen LogP contribution is 2.25. The van der Waals surface area contributed by atoms with Gasteiger partial charge in [-0.2, -0.15) is 5.10 Å². The monoisotopic (exact) mass is 273 g/mol. The first-order valence-corrected chi connectivity index (χ1v) is 6.57. The smallest absolute Gasteiger partial charge is 0.207 e. The number of aromatic nitrogens is 4. The van der Waals surface area contributed by atoms with Crippen LogP contribution in [0.3, 0.4) is 0 Å². The molecule has 0 saturated carbocycles. The fourth-order valence-electron chi connectivity index (χ4n) is 2.45. The Morgan fingerprint density at radius 1 is 1.25 bits per heavy atom. The van der Waals surface area contributed by atoms with Gasteiger partial charge in [-0.25, -0.2) is 14.1 Å². The van der Waals surface area contributed by atoms with Crippen LogP contribution in [-0.2, 0) is 13.5 Å². The molecular formula is C14H16FN5. The molecule has 104 valence electrons. The van der Waals surface area contributed by atoms with E-state index in [4.69, 9.17) is 5.73 Å². The zero-order valence-electron chi connectivity index (χ0n) is 11.5. The molecule has 0 radical (unpaired) electrons. The minimum atomic E-state index is -0.277. The summed E-state index contributed by atoms with van der Waals surface area (Å²) in [4.78, 5) is 4.41. The lowest BCUT2D eigenvalue weighted by atomic mass is 10.2. The molecule has 0 bridgehead atoms. The van der Waals surface area contributed by atoms with Crippen LogP contribution in [0.5, 0.6) is 0 Å². The molecule has 2 N–H and O–H groups in total. The topological polar surface area (TPSA) is 61.7 Å². The van der Waals surface area contributed by atoms with Crippen molar-refractivity contribution in [3.8, 4) is 5.69 Å².